The molecule has 0 rings (SSSR count). The molecule has 0 spiro atoms. The zero-order valence-electron chi connectivity index (χ0n) is 11.4. The molecule has 0 radical (unpaired) electrons. The quantitative estimate of drug-likeness (QED) is 0.376. The first kappa shape index (κ1) is 19.2. The lowest BCUT2D eigenvalue weighted by atomic mass is 10.2. The third-order valence-corrected chi connectivity index (χ3v) is 4.62. The molecule has 0 saturated carbocycles. The maximum Gasteiger partial charge on any atom is 0.184 e. The van der Waals surface area contributed by atoms with Gasteiger partial charge in [-0.3, -0.25) is 0 Å². The second-order valence-corrected chi connectivity index (χ2v) is 16.6. The summed E-state index contributed by atoms with van der Waals surface area (Å²) in [6, 6.07) is 1.25. The van der Waals surface area contributed by atoms with Gasteiger partial charge in [0.05, 0.1) is 0 Å². The van der Waals surface area contributed by atoms with Crippen LogP contribution in [0.3, 0.4) is 0 Å². The Morgan fingerprint density at radius 2 is 1.27 bits per heavy atom. The molecule has 0 bridgehead atoms. The van der Waals surface area contributed by atoms with Crippen molar-refractivity contribution in [3.8, 4) is 0 Å². The van der Waals surface area contributed by atoms with Gasteiger partial charge in [-0.1, -0.05) is 19.6 Å². The Hall–Kier alpha value is 1.85. The molecule has 5 heteroatoms. The summed E-state index contributed by atoms with van der Waals surface area (Å²) in [5, 5.41) is 0. The van der Waals surface area contributed by atoms with Crippen molar-refractivity contribution in [1.29, 1.82) is 0 Å². The summed E-state index contributed by atoms with van der Waals surface area (Å²) in [7, 11) is -2.37. The van der Waals surface area contributed by atoms with Crippen LogP contribution < -0.4 is 0 Å². The van der Waals surface area contributed by atoms with Crippen molar-refractivity contribution in [2.75, 3.05) is 0 Å². The standard InChI is InChI=1S/C10H26OSi2.I2/c1-10(2,9-12(3,4)5)11-13(6,7)8;1-2/h9H2,1-8H3;. The van der Waals surface area contributed by atoms with Crippen LogP contribution in [0.15, 0.2) is 0 Å². The summed E-state index contributed by atoms with van der Waals surface area (Å²) in [5.41, 5.74) is 0.0922. The number of rotatable bonds is 4. The first-order valence-corrected chi connectivity index (χ1v) is 18.7. The molecule has 0 unspecified atom stereocenters. The average Bonchev–Trinajstić information content (AvgIpc) is 1.79. The second kappa shape index (κ2) is 7.32. The summed E-state index contributed by atoms with van der Waals surface area (Å²) in [6.45, 7) is 18.5. The average molecular weight is 472 g/mol. The van der Waals surface area contributed by atoms with E-state index in [4.69, 9.17) is 4.43 Å². The Bertz CT molecular complexity index is 153. The van der Waals surface area contributed by atoms with E-state index in [0.717, 1.165) is 0 Å². The molecule has 0 heterocycles. The van der Waals surface area contributed by atoms with Crippen molar-refractivity contribution < 1.29 is 4.43 Å². The summed E-state index contributed by atoms with van der Waals surface area (Å²) >= 11 is 4.24. The highest BCUT2D eigenvalue weighted by Crippen LogP contribution is 2.27. The van der Waals surface area contributed by atoms with E-state index < -0.39 is 16.4 Å². The third kappa shape index (κ3) is 15.9. The maximum atomic E-state index is 6.17. The molecule has 15 heavy (non-hydrogen) atoms. The lowest BCUT2D eigenvalue weighted by molar-refractivity contribution is 0.121. The third-order valence-electron chi connectivity index (χ3n) is 1.54. The van der Waals surface area contributed by atoms with Crippen LogP contribution in [-0.4, -0.2) is 22.0 Å². The van der Waals surface area contributed by atoms with Crippen molar-refractivity contribution in [2.24, 2.45) is 0 Å². The Morgan fingerprint density at radius 3 is 1.47 bits per heavy atom. The summed E-state index contributed by atoms with van der Waals surface area (Å²) < 4.78 is 6.17. The van der Waals surface area contributed by atoms with Crippen LogP contribution in [-0.2, 0) is 4.43 Å². The highest BCUT2D eigenvalue weighted by Gasteiger charge is 2.31. The molecule has 0 aliphatic rings. The van der Waals surface area contributed by atoms with Gasteiger partial charge in [0.15, 0.2) is 8.32 Å². The molecule has 0 N–H and O–H groups in total. The predicted molar refractivity (Wildman–Crippen MR) is 94.7 cm³/mol. The van der Waals surface area contributed by atoms with Crippen LogP contribution >= 0.6 is 37.2 Å². The van der Waals surface area contributed by atoms with E-state index in [2.05, 4.69) is 90.4 Å². The van der Waals surface area contributed by atoms with Crippen molar-refractivity contribution >= 4 is 53.6 Å². The normalized spacial score (nSPS) is 13.2. The first-order valence-electron chi connectivity index (χ1n) is 5.26. The molecule has 1 nitrogen and oxygen atoms in total. The van der Waals surface area contributed by atoms with Crippen LogP contribution in [0.1, 0.15) is 13.8 Å². The molecule has 0 atom stereocenters. The van der Waals surface area contributed by atoms with Crippen molar-refractivity contribution in [1.82, 2.24) is 0 Å². The van der Waals surface area contributed by atoms with Gasteiger partial charge < -0.3 is 4.43 Å². The highest BCUT2D eigenvalue weighted by atomic mass is 128. The largest absolute Gasteiger partial charge is 0.413 e. The molecule has 0 aliphatic heterocycles. The molecular weight excluding hydrogens is 446 g/mol. The van der Waals surface area contributed by atoms with Crippen LogP contribution in [0.5, 0.6) is 0 Å². The van der Waals surface area contributed by atoms with E-state index in [9.17, 15) is 0 Å². The molecule has 0 fully saturated rings. The Kier molecular flexibility index (Phi) is 9.37. The SMILES string of the molecule is CC(C)(C[Si](C)(C)C)O[Si](C)(C)C.II. The minimum Gasteiger partial charge on any atom is -0.413 e. The van der Waals surface area contributed by atoms with Gasteiger partial charge in [0, 0.05) is 50.9 Å². The molecule has 0 amide bonds. The van der Waals surface area contributed by atoms with Gasteiger partial charge in [0.2, 0.25) is 0 Å². The van der Waals surface area contributed by atoms with Crippen molar-refractivity contribution in [3.63, 3.8) is 0 Å². The van der Waals surface area contributed by atoms with E-state index in [1.54, 1.807) is 0 Å². The van der Waals surface area contributed by atoms with Gasteiger partial charge >= 0.3 is 0 Å². The number of halogens is 2. The smallest absolute Gasteiger partial charge is 0.184 e. The second-order valence-electron chi connectivity index (χ2n) is 6.71. The topological polar surface area (TPSA) is 9.23 Å². The molecule has 0 aromatic carbocycles. The van der Waals surface area contributed by atoms with Gasteiger partial charge in [-0.25, -0.2) is 0 Å². The monoisotopic (exact) mass is 472 g/mol. The molecular formula is C10H26I2OSi2. The van der Waals surface area contributed by atoms with Crippen LogP contribution in [0.2, 0.25) is 45.3 Å². The van der Waals surface area contributed by atoms with Crippen molar-refractivity contribution in [2.45, 2.75) is 64.8 Å². The van der Waals surface area contributed by atoms with E-state index in [1.807, 2.05) is 0 Å². The lowest BCUT2D eigenvalue weighted by Gasteiger charge is -2.37. The first-order chi connectivity index (χ1) is 6.41. The zero-order chi connectivity index (χ0) is 12.9. The highest BCUT2D eigenvalue weighted by molar-refractivity contribution is 15.0. The summed E-state index contributed by atoms with van der Waals surface area (Å²) in [6.07, 6.45) is 0. The minimum absolute atomic E-state index is 0.0922. The Labute approximate surface area is 122 Å². The molecule has 94 valence electrons. The zero-order valence-corrected chi connectivity index (χ0v) is 17.7. The van der Waals surface area contributed by atoms with Gasteiger partial charge in [0.1, 0.15) is 0 Å². The molecule has 0 saturated heterocycles. The van der Waals surface area contributed by atoms with Gasteiger partial charge in [-0.2, -0.15) is 0 Å². The van der Waals surface area contributed by atoms with E-state index in [0.29, 0.717) is 0 Å². The number of hydrogen-bond donors (Lipinski definition) is 0. The van der Waals surface area contributed by atoms with Gasteiger partial charge in [-0.05, 0) is 39.5 Å². The van der Waals surface area contributed by atoms with Crippen molar-refractivity contribution in [3.05, 3.63) is 0 Å². The fourth-order valence-corrected chi connectivity index (χ4v) is 6.64. The maximum absolute atomic E-state index is 6.17. The predicted octanol–water partition coefficient (Wildman–Crippen LogP) is 5.73. The van der Waals surface area contributed by atoms with E-state index in [-0.39, 0.29) is 5.60 Å². The lowest BCUT2D eigenvalue weighted by Crippen LogP contribution is -2.42. The van der Waals surface area contributed by atoms with Gasteiger partial charge in [0.25, 0.3) is 0 Å². The van der Waals surface area contributed by atoms with Crippen LogP contribution in [0.25, 0.3) is 0 Å². The van der Waals surface area contributed by atoms with Crippen LogP contribution in [0.4, 0.5) is 0 Å². The fraction of sp³-hybridized carbons (Fsp3) is 1.00. The van der Waals surface area contributed by atoms with Gasteiger partial charge in [-0.15, -0.1) is 0 Å². The minimum atomic E-state index is -1.37. The van der Waals surface area contributed by atoms with Crippen LogP contribution in [0, 0.1) is 0 Å². The Balaban J connectivity index is 0. The summed E-state index contributed by atoms with van der Waals surface area (Å²) in [4.78, 5) is 0. The number of hydrogen-bond acceptors (Lipinski definition) is 1. The molecule has 0 aliphatic carbocycles. The molecule has 0 aromatic rings. The van der Waals surface area contributed by atoms with E-state index >= 15 is 0 Å². The summed E-state index contributed by atoms with van der Waals surface area (Å²) in [5.74, 6) is 0. The van der Waals surface area contributed by atoms with E-state index in [1.165, 1.54) is 6.04 Å². The fourth-order valence-electron chi connectivity index (χ4n) is 2.14. The molecule has 0 aromatic heterocycles. The Morgan fingerprint density at radius 1 is 0.933 bits per heavy atom.